The number of hydrogen-bond acceptors (Lipinski definition) is 0. The first-order valence-corrected chi connectivity index (χ1v) is 12.6. The molecule has 0 nitrogen and oxygen atoms in total. The minimum atomic E-state index is -1.82. The van der Waals surface area contributed by atoms with Crippen molar-refractivity contribution in [3.05, 3.63) is 57.7 Å². The van der Waals surface area contributed by atoms with Gasteiger partial charge in [-0.1, -0.05) is 56.2 Å². The molecule has 2 heteroatoms. The molecule has 0 unspecified atom stereocenters. The molecule has 0 aliphatic heterocycles. The molecule has 0 N–H and O–H groups in total. The molecule has 0 aromatic heterocycles. The van der Waals surface area contributed by atoms with Gasteiger partial charge in [-0.25, -0.2) is 9.16 Å². The van der Waals surface area contributed by atoms with Gasteiger partial charge in [0.25, 0.3) is 0 Å². The van der Waals surface area contributed by atoms with Crippen molar-refractivity contribution >= 4 is 31.8 Å². The molecule has 0 spiro atoms. The van der Waals surface area contributed by atoms with Gasteiger partial charge in [0, 0.05) is 9.13 Å². The average Bonchev–Trinajstić information content (AvgIpc) is 2.61. The quantitative estimate of drug-likeness (QED) is 0.336. The molecule has 23 heavy (non-hydrogen) atoms. The van der Waals surface area contributed by atoms with Gasteiger partial charge in [-0.2, -0.15) is 0 Å². The minimum absolute atomic E-state index is 1.13. The molecule has 0 radical (unpaired) electrons. The number of hydrogen-bond donors (Lipinski definition) is 1. The lowest BCUT2D eigenvalue weighted by Gasteiger charge is -2.52. The highest BCUT2D eigenvalue weighted by Gasteiger charge is 2.28. The second kappa shape index (κ2) is 7.32. The Hall–Kier alpha value is -0.920. The zero-order valence-electron chi connectivity index (χ0n) is 14.6. The predicted octanol–water partition coefficient (Wildman–Crippen LogP) is 6.03. The van der Waals surface area contributed by atoms with Crippen molar-refractivity contribution in [3.63, 3.8) is 0 Å². The Labute approximate surface area is 155 Å². The highest BCUT2D eigenvalue weighted by molar-refractivity contribution is 14.1. The van der Waals surface area contributed by atoms with Gasteiger partial charge in [0.1, 0.15) is 0 Å². The van der Waals surface area contributed by atoms with E-state index in [9.17, 15) is 0 Å². The Morgan fingerprint density at radius 1 is 0.783 bits per heavy atom. The van der Waals surface area contributed by atoms with E-state index in [2.05, 4.69) is 109 Å². The summed E-state index contributed by atoms with van der Waals surface area (Å²) in [5.41, 5.74) is 3.64. The van der Waals surface area contributed by atoms with Crippen LogP contribution in [0.1, 0.15) is 26.3 Å². The number of halogens is 1. The first kappa shape index (κ1) is 18.4. The van der Waals surface area contributed by atoms with E-state index in [-0.39, 0.29) is 0 Å². The highest BCUT2D eigenvalue weighted by Crippen LogP contribution is 2.64. The number of rotatable bonds is 4. The van der Waals surface area contributed by atoms with Crippen molar-refractivity contribution in [2.24, 2.45) is 0 Å². The first-order valence-electron chi connectivity index (χ1n) is 8.32. The summed E-state index contributed by atoms with van der Waals surface area (Å²) in [6, 6.07) is 17.3. The zero-order valence-corrected chi connectivity index (χ0v) is 17.6. The molecule has 0 atom stereocenters. The summed E-state index contributed by atoms with van der Waals surface area (Å²) >= 11 is 2.34. The van der Waals surface area contributed by atoms with Crippen molar-refractivity contribution in [1.29, 1.82) is 0 Å². The molecule has 124 valence electrons. The third-order valence-electron chi connectivity index (χ3n) is 5.38. The molecule has 0 saturated carbocycles. The summed E-state index contributed by atoms with van der Waals surface area (Å²) in [6.07, 6.45) is 2.44. The highest BCUT2D eigenvalue weighted by atomic mass is 127. The van der Waals surface area contributed by atoms with Crippen molar-refractivity contribution in [1.82, 2.24) is 0 Å². The summed E-state index contributed by atoms with van der Waals surface area (Å²) in [7, 11) is -1.82. The SMILES string of the molecule is CC[SH](C)(C#Cc1ccc(-c2ccc(I)cc2)cc1)(CC)CC. The van der Waals surface area contributed by atoms with E-state index in [0.717, 1.165) is 5.56 Å². The average molecular weight is 438 g/mol. The van der Waals surface area contributed by atoms with E-state index in [1.807, 2.05) is 0 Å². The normalized spacial score (nSPS) is 12.8. The minimum Gasteiger partial charge on any atom is -0.236 e. The van der Waals surface area contributed by atoms with Gasteiger partial charge >= 0.3 is 0 Å². The van der Waals surface area contributed by atoms with Crippen molar-refractivity contribution in [2.45, 2.75) is 20.8 Å². The molecule has 0 bridgehead atoms. The Morgan fingerprint density at radius 3 is 1.65 bits per heavy atom. The van der Waals surface area contributed by atoms with Gasteiger partial charge in [0.2, 0.25) is 0 Å². The van der Waals surface area contributed by atoms with Gasteiger partial charge in [0.05, 0.1) is 0 Å². The van der Waals surface area contributed by atoms with Crippen LogP contribution in [0.3, 0.4) is 0 Å². The smallest absolute Gasteiger partial charge is 0.0253 e. The number of thiol groups is 1. The Kier molecular flexibility index (Phi) is 5.86. The van der Waals surface area contributed by atoms with Crippen LogP contribution in [0.15, 0.2) is 48.5 Å². The molecular formula is C21H27IS. The molecule has 2 aromatic rings. The Bertz CT molecular complexity index is 702. The zero-order chi connectivity index (χ0) is 16.9. The van der Waals surface area contributed by atoms with Crippen LogP contribution in [0.25, 0.3) is 11.1 Å². The summed E-state index contributed by atoms with van der Waals surface area (Å²) in [5.74, 6) is 7.12. The molecule has 0 fully saturated rings. The third kappa shape index (κ3) is 4.33. The van der Waals surface area contributed by atoms with Gasteiger partial charge in [0.15, 0.2) is 0 Å². The fraction of sp³-hybridized carbons (Fsp3) is 0.333. The van der Waals surface area contributed by atoms with E-state index in [4.69, 9.17) is 0 Å². The van der Waals surface area contributed by atoms with E-state index in [1.165, 1.54) is 32.0 Å². The maximum absolute atomic E-state index is 3.72. The van der Waals surface area contributed by atoms with Gasteiger partial charge in [-0.15, -0.1) is 0 Å². The van der Waals surface area contributed by atoms with Crippen LogP contribution >= 0.6 is 31.8 Å². The second-order valence-corrected chi connectivity index (χ2v) is 14.6. The van der Waals surface area contributed by atoms with E-state index in [0.29, 0.717) is 0 Å². The first-order chi connectivity index (χ1) is 10.9. The van der Waals surface area contributed by atoms with Crippen LogP contribution in [-0.4, -0.2) is 23.5 Å². The lowest BCUT2D eigenvalue weighted by molar-refractivity contribution is 1.32. The maximum Gasteiger partial charge on any atom is 0.0253 e. The second-order valence-electron chi connectivity index (χ2n) is 6.59. The molecule has 0 saturated heterocycles. The maximum atomic E-state index is 3.72. The van der Waals surface area contributed by atoms with Crippen LogP contribution in [0.2, 0.25) is 0 Å². The van der Waals surface area contributed by atoms with E-state index >= 15 is 0 Å². The Morgan fingerprint density at radius 2 is 1.22 bits per heavy atom. The summed E-state index contributed by atoms with van der Waals surface area (Å²) < 4.78 is 1.27. The lowest BCUT2D eigenvalue weighted by atomic mass is 10.0. The summed E-state index contributed by atoms with van der Waals surface area (Å²) in [6.45, 7) is 6.91. The lowest BCUT2D eigenvalue weighted by Crippen LogP contribution is -2.22. The standard InChI is InChI=1S/C21H27IS/c1-5-23(4,6-2,7-3)17-16-18-8-10-19(11-9-18)20-12-14-21(22)15-13-20/h8-15,23H,5-7H2,1-4H3. The molecule has 2 aromatic carbocycles. The van der Waals surface area contributed by atoms with E-state index < -0.39 is 9.16 Å². The molecule has 2 rings (SSSR count). The fourth-order valence-corrected chi connectivity index (χ4v) is 5.19. The fourth-order valence-electron chi connectivity index (χ4n) is 2.54. The summed E-state index contributed by atoms with van der Waals surface area (Å²) in [4.78, 5) is 0. The predicted molar refractivity (Wildman–Crippen MR) is 118 cm³/mol. The Balaban J connectivity index is 2.28. The van der Waals surface area contributed by atoms with Crippen LogP contribution in [-0.2, 0) is 0 Å². The third-order valence-corrected chi connectivity index (χ3v) is 12.4. The molecular weight excluding hydrogens is 411 g/mol. The van der Waals surface area contributed by atoms with Crippen LogP contribution in [0.5, 0.6) is 0 Å². The van der Waals surface area contributed by atoms with Crippen LogP contribution < -0.4 is 0 Å². The van der Waals surface area contributed by atoms with Crippen molar-refractivity contribution in [3.8, 4) is 22.3 Å². The van der Waals surface area contributed by atoms with Gasteiger partial charge < -0.3 is 0 Å². The molecule has 0 aliphatic carbocycles. The molecule has 0 amide bonds. The monoisotopic (exact) mass is 438 g/mol. The topological polar surface area (TPSA) is 0 Å². The van der Waals surface area contributed by atoms with Gasteiger partial charge in [-0.3, -0.25) is 0 Å². The van der Waals surface area contributed by atoms with E-state index in [1.54, 1.807) is 0 Å². The van der Waals surface area contributed by atoms with Gasteiger partial charge in [-0.05, 0) is 81.5 Å². The molecule has 0 aliphatic rings. The van der Waals surface area contributed by atoms with Crippen molar-refractivity contribution < 1.29 is 0 Å². The van der Waals surface area contributed by atoms with Crippen LogP contribution in [0.4, 0.5) is 0 Å². The summed E-state index contributed by atoms with van der Waals surface area (Å²) in [5, 5.41) is 3.72. The van der Waals surface area contributed by atoms with Crippen molar-refractivity contribution in [2.75, 3.05) is 23.5 Å². The number of benzene rings is 2. The van der Waals surface area contributed by atoms with Crippen LogP contribution in [0, 0.1) is 14.7 Å². The largest absolute Gasteiger partial charge is 0.236 e. The molecule has 0 heterocycles.